The van der Waals surface area contributed by atoms with E-state index in [4.69, 9.17) is 0 Å². The maximum Gasteiger partial charge on any atom is 0.223 e. The molecule has 0 aromatic carbocycles. The van der Waals surface area contributed by atoms with E-state index < -0.39 is 0 Å². The molecule has 3 nitrogen and oxygen atoms in total. The van der Waals surface area contributed by atoms with Gasteiger partial charge in [-0.2, -0.15) is 0 Å². The van der Waals surface area contributed by atoms with Gasteiger partial charge in [0.25, 0.3) is 0 Å². The Morgan fingerprint density at radius 3 is 2.65 bits per heavy atom. The van der Waals surface area contributed by atoms with Crippen molar-refractivity contribution in [2.75, 3.05) is 5.32 Å². The number of hydrogen-bond donors (Lipinski definition) is 1. The summed E-state index contributed by atoms with van der Waals surface area (Å²) >= 11 is 0. The Balaban J connectivity index is 2.15. The smallest absolute Gasteiger partial charge is 0.223 e. The maximum absolute atomic E-state index is 4.61. The Morgan fingerprint density at radius 2 is 2.06 bits per heavy atom. The van der Waals surface area contributed by atoms with Gasteiger partial charge < -0.3 is 5.32 Å². The topological polar surface area (TPSA) is 37.8 Å². The SMILES string of the molecule is Cc1cc(C(C)C)nc(NC2CCCC2C)n1. The van der Waals surface area contributed by atoms with Crippen LogP contribution in [0.25, 0.3) is 0 Å². The molecule has 0 amide bonds. The number of aryl methyl sites for hydroxylation is 1. The zero-order valence-electron chi connectivity index (χ0n) is 11.3. The summed E-state index contributed by atoms with van der Waals surface area (Å²) in [4.78, 5) is 9.10. The molecule has 0 spiro atoms. The van der Waals surface area contributed by atoms with Crippen molar-refractivity contribution in [3.8, 4) is 0 Å². The van der Waals surface area contributed by atoms with Gasteiger partial charge in [0.2, 0.25) is 5.95 Å². The van der Waals surface area contributed by atoms with Crippen molar-refractivity contribution in [1.82, 2.24) is 9.97 Å². The quantitative estimate of drug-likeness (QED) is 0.868. The van der Waals surface area contributed by atoms with E-state index in [-0.39, 0.29) is 0 Å². The lowest BCUT2D eigenvalue weighted by Crippen LogP contribution is -2.23. The number of aromatic nitrogens is 2. The highest BCUT2D eigenvalue weighted by molar-refractivity contribution is 5.31. The van der Waals surface area contributed by atoms with E-state index in [2.05, 4.69) is 42.1 Å². The van der Waals surface area contributed by atoms with Crippen LogP contribution in [0.4, 0.5) is 5.95 Å². The molecule has 1 aliphatic rings. The van der Waals surface area contributed by atoms with Gasteiger partial charge in [-0.25, -0.2) is 9.97 Å². The molecule has 1 heterocycles. The van der Waals surface area contributed by atoms with Gasteiger partial charge in [-0.15, -0.1) is 0 Å². The Hall–Kier alpha value is -1.12. The first kappa shape index (κ1) is 12.3. The van der Waals surface area contributed by atoms with Crippen LogP contribution in [0.5, 0.6) is 0 Å². The van der Waals surface area contributed by atoms with Crippen molar-refractivity contribution >= 4 is 5.95 Å². The minimum Gasteiger partial charge on any atom is -0.351 e. The van der Waals surface area contributed by atoms with E-state index in [1.807, 2.05) is 6.92 Å². The van der Waals surface area contributed by atoms with Crippen LogP contribution in [0, 0.1) is 12.8 Å². The van der Waals surface area contributed by atoms with Crippen LogP contribution in [-0.4, -0.2) is 16.0 Å². The zero-order valence-corrected chi connectivity index (χ0v) is 11.3. The van der Waals surface area contributed by atoms with Crippen LogP contribution < -0.4 is 5.32 Å². The molecule has 1 aromatic heterocycles. The molecule has 2 rings (SSSR count). The Morgan fingerprint density at radius 1 is 1.29 bits per heavy atom. The van der Waals surface area contributed by atoms with Crippen molar-refractivity contribution in [3.63, 3.8) is 0 Å². The highest BCUT2D eigenvalue weighted by Gasteiger charge is 2.23. The summed E-state index contributed by atoms with van der Waals surface area (Å²) in [6, 6.07) is 2.63. The molecule has 2 atom stereocenters. The average molecular weight is 233 g/mol. The normalized spacial score (nSPS) is 24.3. The number of anilines is 1. The molecule has 1 aliphatic carbocycles. The third kappa shape index (κ3) is 2.96. The summed E-state index contributed by atoms with van der Waals surface area (Å²) in [6.07, 6.45) is 3.89. The summed E-state index contributed by atoms with van der Waals surface area (Å²) in [5, 5.41) is 3.50. The summed E-state index contributed by atoms with van der Waals surface area (Å²) in [7, 11) is 0. The first-order chi connectivity index (χ1) is 8.06. The summed E-state index contributed by atoms with van der Waals surface area (Å²) in [6.45, 7) is 8.69. The molecule has 3 heteroatoms. The van der Waals surface area contributed by atoms with Crippen molar-refractivity contribution in [1.29, 1.82) is 0 Å². The highest BCUT2D eigenvalue weighted by Crippen LogP contribution is 2.27. The number of hydrogen-bond acceptors (Lipinski definition) is 3. The van der Waals surface area contributed by atoms with Crippen LogP contribution >= 0.6 is 0 Å². The van der Waals surface area contributed by atoms with Crippen LogP contribution in [0.3, 0.4) is 0 Å². The average Bonchev–Trinajstić information content (AvgIpc) is 2.63. The van der Waals surface area contributed by atoms with Crippen molar-refractivity contribution in [2.45, 2.75) is 58.9 Å². The fraction of sp³-hybridized carbons (Fsp3) is 0.714. The number of rotatable bonds is 3. The van der Waals surface area contributed by atoms with Crippen LogP contribution in [0.2, 0.25) is 0 Å². The Kier molecular flexibility index (Phi) is 3.65. The maximum atomic E-state index is 4.61. The lowest BCUT2D eigenvalue weighted by Gasteiger charge is -2.18. The largest absolute Gasteiger partial charge is 0.351 e. The summed E-state index contributed by atoms with van der Waals surface area (Å²) < 4.78 is 0. The van der Waals surface area contributed by atoms with E-state index in [9.17, 15) is 0 Å². The van der Waals surface area contributed by atoms with Gasteiger partial charge in [0, 0.05) is 17.4 Å². The van der Waals surface area contributed by atoms with Gasteiger partial charge in [-0.05, 0) is 37.7 Å². The molecule has 1 saturated carbocycles. The minimum atomic E-state index is 0.457. The second kappa shape index (κ2) is 5.03. The molecule has 1 fully saturated rings. The van der Waals surface area contributed by atoms with Crippen LogP contribution in [0.1, 0.15) is 57.3 Å². The van der Waals surface area contributed by atoms with Crippen LogP contribution in [-0.2, 0) is 0 Å². The summed E-state index contributed by atoms with van der Waals surface area (Å²) in [5.41, 5.74) is 2.18. The third-order valence-electron chi connectivity index (χ3n) is 3.64. The van der Waals surface area contributed by atoms with Gasteiger partial charge >= 0.3 is 0 Å². The number of nitrogens with one attached hydrogen (secondary N) is 1. The van der Waals surface area contributed by atoms with E-state index >= 15 is 0 Å². The lowest BCUT2D eigenvalue weighted by atomic mass is 10.1. The lowest BCUT2D eigenvalue weighted by molar-refractivity contribution is 0.552. The molecular weight excluding hydrogens is 210 g/mol. The predicted molar refractivity (Wildman–Crippen MR) is 71.3 cm³/mol. The van der Waals surface area contributed by atoms with Gasteiger partial charge in [0.05, 0.1) is 0 Å². The van der Waals surface area contributed by atoms with Crippen molar-refractivity contribution in [2.24, 2.45) is 5.92 Å². The Bertz CT molecular complexity index is 387. The van der Waals surface area contributed by atoms with Gasteiger partial charge in [0.15, 0.2) is 0 Å². The van der Waals surface area contributed by atoms with Crippen LogP contribution in [0.15, 0.2) is 6.07 Å². The fourth-order valence-electron chi connectivity index (χ4n) is 2.48. The molecule has 0 radical (unpaired) electrons. The minimum absolute atomic E-state index is 0.457. The molecule has 2 unspecified atom stereocenters. The number of nitrogens with zero attached hydrogens (tertiary/aromatic N) is 2. The molecule has 1 aromatic rings. The van der Waals surface area contributed by atoms with Crippen molar-refractivity contribution < 1.29 is 0 Å². The fourth-order valence-corrected chi connectivity index (χ4v) is 2.48. The van der Waals surface area contributed by atoms with Crippen molar-refractivity contribution in [3.05, 3.63) is 17.5 Å². The standard InChI is InChI=1S/C14H23N3/c1-9(2)13-8-11(4)15-14(17-13)16-12-7-5-6-10(12)3/h8-10,12H,5-7H2,1-4H3,(H,15,16,17). The van der Waals surface area contributed by atoms with E-state index in [0.29, 0.717) is 12.0 Å². The zero-order chi connectivity index (χ0) is 12.4. The first-order valence-corrected chi connectivity index (χ1v) is 6.68. The molecule has 0 saturated heterocycles. The molecule has 0 aliphatic heterocycles. The molecule has 94 valence electrons. The summed E-state index contributed by atoms with van der Waals surface area (Å²) in [5.74, 6) is 2.01. The molecule has 17 heavy (non-hydrogen) atoms. The Labute approximate surface area is 104 Å². The predicted octanol–water partition coefficient (Wildman–Crippen LogP) is 3.51. The first-order valence-electron chi connectivity index (χ1n) is 6.68. The van der Waals surface area contributed by atoms with E-state index in [1.54, 1.807) is 0 Å². The second-order valence-electron chi connectivity index (χ2n) is 5.57. The monoisotopic (exact) mass is 233 g/mol. The van der Waals surface area contributed by atoms with Gasteiger partial charge in [-0.3, -0.25) is 0 Å². The van der Waals surface area contributed by atoms with Gasteiger partial charge in [-0.1, -0.05) is 27.2 Å². The molecule has 1 N–H and O–H groups in total. The molecular formula is C14H23N3. The second-order valence-corrected chi connectivity index (χ2v) is 5.57. The van der Waals surface area contributed by atoms with E-state index in [0.717, 1.165) is 23.3 Å². The van der Waals surface area contributed by atoms with Gasteiger partial charge in [0.1, 0.15) is 0 Å². The molecule has 0 bridgehead atoms. The van der Waals surface area contributed by atoms with E-state index in [1.165, 1.54) is 19.3 Å². The highest BCUT2D eigenvalue weighted by atomic mass is 15.1. The third-order valence-corrected chi connectivity index (χ3v) is 3.64.